The summed E-state index contributed by atoms with van der Waals surface area (Å²) in [7, 11) is 1.16. The van der Waals surface area contributed by atoms with Crippen molar-refractivity contribution in [3.8, 4) is 0 Å². The van der Waals surface area contributed by atoms with Crippen molar-refractivity contribution in [2.75, 3.05) is 12.4 Å². The van der Waals surface area contributed by atoms with Crippen molar-refractivity contribution in [2.45, 2.75) is 32.2 Å². The zero-order valence-corrected chi connectivity index (χ0v) is 11.8. The molecule has 0 radical (unpaired) electrons. The number of ether oxygens (including phenoxy) is 1. The zero-order chi connectivity index (χ0) is 15.3. The van der Waals surface area contributed by atoms with Crippen LogP contribution in [-0.4, -0.2) is 24.5 Å². The number of carbonyl (C=O) groups excluding carboxylic acids is 2. The molecule has 0 atom stereocenters. The number of amides is 1. The number of nitrogens with one attached hydrogen (secondary N) is 1. The average molecular weight is 282 g/mol. The van der Waals surface area contributed by atoms with Crippen molar-refractivity contribution in [1.29, 1.82) is 0 Å². The topological polar surface area (TPSA) is 81.4 Å². The van der Waals surface area contributed by atoms with Gasteiger partial charge in [-0.05, 0) is 38.5 Å². The first kappa shape index (κ1) is 16.1. The smallest absolute Gasteiger partial charge is 0.340 e. The maximum Gasteiger partial charge on any atom is 0.340 e. The van der Waals surface area contributed by atoms with E-state index < -0.39 is 17.3 Å². The molecule has 0 unspecified atom stereocenters. The fourth-order valence-electron chi connectivity index (χ4n) is 1.53. The monoisotopic (exact) mass is 282 g/mol. The lowest BCUT2D eigenvalue weighted by Crippen LogP contribution is -2.33. The van der Waals surface area contributed by atoms with Crippen molar-refractivity contribution < 1.29 is 18.7 Å². The number of rotatable bonds is 5. The Morgan fingerprint density at radius 3 is 2.60 bits per heavy atom. The van der Waals surface area contributed by atoms with E-state index in [1.54, 1.807) is 0 Å². The minimum atomic E-state index is -0.790. The molecule has 1 aromatic rings. The molecule has 0 fully saturated rings. The van der Waals surface area contributed by atoms with E-state index in [2.05, 4.69) is 10.1 Å². The van der Waals surface area contributed by atoms with E-state index in [9.17, 15) is 14.0 Å². The second kappa shape index (κ2) is 6.47. The molecule has 1 amide bonds. The summed E-state index contributed by atoms with van der Waals surface area (Å²) in [6, 6.07) is 3.73. The van der Waals surface area contributed by atoms with Crippen LogP contribution in [0.15, 0.2) is 18.2 Å². The molecule has 0 saturated carbocycles. The third-order valence-corrected chi connectivity index (χ3v) is 2.65. The van der Waals surface area contributed by atoms with Gasteiger partial charge in [-0.3, -0.25) is 4.79 Å². The van der Waals surface area contributed by atoms with Crippen LogP contribution in [0, 0.1) is 5.82 Å². The molecule has 110 valence electrons. The Morgan fingerprint density at radius 1 is 1.40 bits per heavy atom. The van der Waals surface area contributed by atoms with E-state index in [0.29, 0.717) is 12.1 Å². The molecule has 1 aromatic carbocycles. The van der Waals surface area contributed by atoms with Gasteiger partial charge in [-0.25, -0.2) is 9.18 Å². The quantitative estimate of drug-likeness (QED) is 0.810. The number of esters is 1. The molecule has 1 rings (SSSR count). The molecule has 20 heavy (non-hydrogen) atoms. The number of methoxy groups -OCH3 is 1. The van der Waals surface area contributed by atoms with Crippen LogP contribution in [-0.2, 0) is 9.53 Å². The van der Waals surface area contributed by atoms with Crippen molar-refractivity contribution in [3.63, 3.8) is 0 Å². The van der Waals surface area contributed by atoms with Crippen LogP contribution < -0.4 is 11.1 Å². The lowest BCUT2D eigenvalue weighted by molar-refractivity contribution is -0.116. The van der Waals surface area contributed by atoms with Crippen molar-refractivity contribution in [1.82, 2.24) is 0 Å². The number of benzene rings is 1. The molecule has 0 spiro atoms. The number of nitrogens with two attached hydrogens (primary N) is 1. The Bertz CT molecular complexity index is 510. The first-order chi connectivity index (χ1) is 9.23. The fraction of sp³-hybridized carbons (Fsp3) is 0.429. The lowest BCUT2D eigenvalue weighted by atomic mass is 10.00. The average Bonchev–Trinajstić information content (AvgIpc) is 2.37. The van der Waals surface area contributed by atoms with Gasteiger partial charge >= 0.3 is 5.97 Å². The predicted octanol–water partition coefficient (Wildman–Crippen LogP) is 2.07. The van der Waals surface area contributed by atoms with Crippen LogP contribution >= 0.6 is 0 Å². The third-order valence-electron chi connectivity index (χ3n) is 2.65. The summed E-state index contributed by atoms with van der Waals surface area (Å²) >= 11 is 0. The van der Waals surface area contributed by atoms with Crippen molar-refractivity contribution >= 4 is 17.6 Å². The number of hydrogen-bond donors (Lipinski definition) is 2. The highest BCUT2D eigenvalue weighted by atomic mass is 19.1. The van der Waals surface area contributed by atoms with Gasteiger partial charge in [0, 0.05) is 17.6 Å². The van der Waals surface area contributed by atoms with Crippen LogP contribution in [0.5, 0.6) is 0 Å². The van der Waals surface area contributed by atoms with Crippen LogP contribution in [0.1, 0.15) is 37.0 Å². The van der Waals surface area contributed by atoms with Crippen LogP contribution in [0.4, 0.5) is 10.1 Å². The zero-order valence-electron chi connectivity index (χ0n) is 11.8. The van der Waals surface area contributed by atoms with E-state index in [1.165, 1.54) is 12.1 Å². The normalized spacial score (nSPS) is 11.1. The lowest BCUT2D eigenvalue weighted by Gasteiger charge is -2.17. The molecule has 3 N–H and O–H groups in total. The molecular weight excluding hydrogens is 263 g/mol. The first-order valence-electron chi connectivity index (χ1n) is 6.19. The van der Waals surface area contributed by atoms with Gasteiger partial charge in [-0.1, -0.05) is 0 Å². The maximum atomic E-state index is 13.4. The Kier molecular flexibility index (Phi) is 5.21. The Morgan fingerprint density at radius 2 is 2.05 bits per heavy atom. The summed E-state index contributed by atoms with van der Waals surface area (Å²) in [5.41, 5.74) is 5.48. The summed E-state index contributed by atoms with van der Waals surface area (Å²) in [4.78, 5) is 23.1. The molecular formula is C14H19FN2O3. The molecule has 0 saturated heterocycles. The molecule has 5 nitrogen and oxygen atoms in total. The predicted molar refractivity (Wildman–Crippen MR) is 73.9 cm³/mol. The molecule has 0 aliphatic heterocycles. The first-order valence-corrected chi connectivity index (χ1v) is 6.19. The summed E-state index contributed by atoms with van der Waals surface area (Å²) in [6.45, 7) is 3.65. The molecule has 0 aliphatic rings. The highest BCUT2D eigenvalue weighted by Crippen LogP contribution is 2.16. The van der Waals surface area contributed by atoms with E-state index in [4.69, 9.17) is 5.73 Å². The van der Waals surface area contributed by atoms with Gasteiger partial charge in [0.1, 0.15) is 5.82 Å². The minimum absolute atomic E-state index is 0.218. The van der Waals surface area contributed by atoms with E-state index in [1.807, 2.05) is 13.8 Å². The van der Waals surface area contributed by atoms with Gasteiger partial charge in [-0.15, -0.1) is 0 Å². The number of hydrogen-bond acceptors (Lipinski definition) is 4. The second-order valence-electron chi connectivity index (χ2n) is 5.22. The molecule has 6 heteroatoms. The minimum Gasteiger partial charge on any atom is -0.465 e. The molecule has 0 aliphatic carbocycles. The summed E-state index contributed by atoms with van der Waals surface area (Å²) in [6.07, 6.45) is 0.762. The highest BCUT2D eigenvalue weighted by molar-refractivity contribution is 5.94. The van der Waals surface area contributed by atoms with Crippen LogP contribution in [0.2, 0.25) is 0 Å². The Balaban J connectivity index is 2.73. The van der Waals surface area contributed by atoms with Crippen LogP contribution in [0.3, 0.4) is 0 Å². The van der Waals surface area contributed by atoms with Gasteiger partial charge in [-0.2, -0.15) is 0 Å². The van der Waals surface area contributed by atoms with Gasteiger partial charge in [0.2, 0.25) is 5.91 Å². The molecule has 0 aromatic heterocycles. The van der Waals surface area contributed by atoms with Gasteiger partial charge in [0.25, 0.3) is 0 Å². The largest absolute Gasteiger partial charge is 0.465 e. The Hall–Kier alpha value is -1.95. The van der Waals surface area contributed by atoms with Crippen molar-refractivity contribution in [2.24, 2.45) is 5.73 Å². The number of halogens is 1. The van der Waals surface area contributed by atoms with Crippen molar-refractivity contribution in [3.05, 3.63) is 29.6 Å². The fourth-order valence-corrected chi connectivity index (χ4v) is 1.53. The van der Waals surface area contributed by atoms with Gasteiger partial charge < -0.3 is 15.8 Å². The summed E-state index contributed by atoms with van der Waals surface area (Å²) < 4.78 is 17.9. The molecule has 0 bridgehead atoms. The number of anilines is 1. The number of carbonyl (C=O) groups is 2. The SMILES string of the molecule is COC(=O)c1cc(NC(=O)CCC(C)(C)N)ccc1F. The van der Waals surface area contributed by atoms with E-state index in [-0.39, 0.29) is 17.9 Å². The van der Waals surface area contributed by atoms with E-state index in [0.717, 1.165) is 13.2 Å². The standard InChI is InChI=1S/C14H19FN2O3/c1-14(2,16)7-6-12(18)17-9-4-5-11(15)10(8-9)13(19)20-3/h4-5,8H,6-7,16H2,1-3H3,(H,17,18). The highest BCUT2D eigenvalue weighted by Gasteiger charge is 2.15. The Labute approximate surface area is 117 Å². The second-order valence-corrected chi connectivity index (χ2v) is 5.22. The van der Waals surface area contributed by atoms with Gasteiger partial charge in [0.15, 0.2) is 0 Å². The van der Waals surface area contributed by atoms with Gasteiger partial charge in [0.05, 0.1) is 12.7 Å². The van der Waals surface area contributed by atoms with Crippen LogP contribution in [0.25, 0.3) is 0 Å². The van der Waals surface area contributed by atoms with E-state index >= 15 is 0 Å². The molecule has 0 heterocycles. The summed E-state index contributed by atoms with van der Waals surface area (Å²) in [5.74, 6) is -1.73. The third kappa shape index (κ3) is 4.97. The summed E-state index contributed by atoms with van der Waals surface area (Å²) in [5, 5.41) is 2.59. The maximum absolute atomic E-state index is 13.4.